The first-order valence-corrected chi connectivity index (χ1v) is 9.64. The van der Waals surface area contributed by atoms with Crippen LogP contribution in [-0.4, -0.2) is 36.3 Å². The summed E-state index contributed by atoms with van der Waals surface area (Å²) >= 11 is 12.5. The molecule has 1 heterocycles. The van der Waals surface area contributed by atoms with Gasteiger partial charge in [-0.05, 0) is 42.8 Å². The smallest absolute Gasteiger partial charge is 0.344 e. The summed E-state index contributed by atoms with van der Waals surface area (Å²) < 4.78 is 15.4. The summed E-state index contributed by atoms with van der Waals surface area (Å²) in [6.07, 6.45) is 1.60. The van der Waals surface area contributed by atoms with E-state index in [1.54, 1.807) is 50.4 Å². The van der Waals surface area contributed by atoms with Crippen LogP contribution in [0.1, 0.15) is 18.3 Å². The van der Waals surface area contributed by atoms with Crippen molar-refractivity contribution < 1.29 is 19.0 Å². The number of nitrogens with zero attached hydrogens (tertiary/aromatic N) is 2. The van der Waals surface area contributed by atoms with Crippen molar-refractivity contribution in [2.75, 3.05) is 20.3 Å². The Morgan fingerprint density at radius 1 is 1.27 bits per heavy atom. The molecule has 0 aliphatic rings. The molecule has 2 aromatic carbocycles. The standard InChI is InChI=1S/C21H17Cl2N3O4/c1-3-29-19(27)11-30-20-15(22)7-12(8-16(20)23)6-13(10-24)21-25-17-5-4-14(28-2)9-18(17)26-21/h4-9H,3,11H2,1-2H3,(H,25,26)/b13-6-. The molecule has 1 aromatic heterocycles. The summed E-state index contributed by atoms with van der Waals surface area (Å²) in [5, 5.41) is 10.0. The van der Waals surface area contributed by atoms with Gasteiger partial charge in [0.25, 0.3) is 0 Å². The van der Waals surface area contributed by atoms with Gasteiger partial charge in [-0.1, -0.05) is 23.2 Å². The van der Waals surface area contributed by atoms with Crippen LogP contribution in [-0.2, 0) is 9.53 Å². The van der Waals surface area contributed by atoms with Crippen molar-refractivity contribution in [2.24, 2.45) is 0 Å². The van der Waals surface area contributed by atoms with Gasteiger partial charge in [0.1, 0.15) is 17.6 Å². The molecule has 30 heavy (non-hydrogen) atoms. The van der Waals surface area contributed by atoms with E-state index in [1.165, 1.54) is 0 Å². The third kappa shape index (κ3) is 4.85. The monoisotopic (exact) mass is 445 g/mol. The van der Waals surface area contributed by atoms with E-state index < -0.39 is 5.97 Å². The number of carbonyl (C=O) groups is 1. The molecule has 0 saturated carbocycles. The van der Waals surface area contributed by atoms with E-state index in [0.29, 0.717) is 22.7 Å². The third-order valence-corrected chi connectivity index (χ3v) is 4.60. The quantitative estimate of drug-likeness (QED) is 0.410. The van der Waals surface area contributed by atoms with E-state index in [9.17, 15) is 10.1 Å². The van der Waals surface area contributed by atoms with Gasteiger partial charge in [0, 0.05) is 6.07 Å². The number of benzene rings is 2. The van der Waals surface area contributed by atoms with Gasteiger partial charge >= 0.3 is 5.97 Å². The highest BCUT2D eigenvalue weighted by Crippen LogP contribution is 2.35. The van der Waals surface area contributed by atoms with Crippen molar-refractivity contribution in [1.29, 1.82) is 5.26 Å². The number of fused-ring (bicyclic) bond motifs is 1. The van der Waals surface area contributed by atoms with Crippen molar-refractivity contribution in [2.45, 2.75) is 6.92 Å². The number of allylic oxidation sites excluding steroid dienone is 1. The number of hydrogen-bond donors (Lipinski definition) is 1. The summed E-state index contributed by atoms with van der Waals surface area (Å²) in [7, 11) is 1.58. The lowest BCUT2D eigenvalue weighted by molar-refractivity contribution is -0.145. The van der Waals surface area contributed by atoms with Gasteiger partial charge < -0.3 is 19.2 Å². The molecule has 0 amide bonds. The van der Waals surface area contributed by atoms with Crippen LogP contribution >= 0.6 is 23.2 Å². The van der Waals surface area contributed by atoms with Crippen LogP contribution in [0.3, 0.4) is 0 Å². The number of aromatic nitrogens is 2. The normalized spacial score (nSPS) is 11.2. The molecule has 9 heteroatoms. The minimum absolute atomic E-state index is 0.165. The number of hydrogen-bond acceptors (Lipinski definition) is 6. The largest absolute Gasteiger partial charge is 0.497 e. The number of imidazole rings is 1. The number of aromatic amines is 1. The van der Waals surface area contributed by atoms with E-state index in [1.807, 2.05) is 0 Å². The predicted molar refractivity (Wildman–Crippen MR) is 115 cm³/mol. The molecule has 3 aromatic rings. The molecule has 3 rings (SSSR count). The Morgan fingerprint density at radius 2 is 2.00 bits per heavy atom. The van der Waals surface area contributed by atoms with E-state index >= 15 is 0 Å². The van der Waals surface area contributed by atoms with E-state index in [4.69, 9.17) is 37.4 Å². The number of nitriles is 1. The average Bonchev–Trinajstić information content (AvgIpc) is 3.14. The van der Waals surface area contributed by atoms with E-state index in [-0.39, 0.29) is 34.6 Å². The topological polar surface area (TPSA) is 97.2 Å². The first-order valence-electron chi connectivity index (χ1n) is 8.88. The third-order valence-electron chi connectivity index (χ3n) is 4.04. The van der Waals surface area contributed by atoms with Crippen molar-refractivity contribution in [1.82, 2.24) is 9.97 Å². The molecule has 0 unspecified atom stereocenters. The Kier molecular flexibility index (Phi) is 6.83. The molecule has 0 saturated heterocycles. The number of H-pyrrole nitrogens is 1. The highest BCUT2D eigenvalue weighted by atomic mass is 35.5. The maximum atomic E-state index is 11.5. The summed E-state index contributed by atoms with van der Waals surface area (Å²) in [5.41, 5.74) is 2.30. The average molecular weight is 446 g/mol. The van der Waals surface area contributed by atoms with E-state index in [0.717, 1.165) is 5.52 Å². The molecule has 0 spiro atoms. The Balaban J connectivity index is 1.89. The second-order valence-electron chi connectivity index (χ2n) is 6.05. The first kappa shape index (κ1) is 21.5. The SMILES string of the molecule is CCOC(=O)COc1c(Cl)cc(/C=C(/C#N)c2nc3ccc(OC)cc3[nH]2)cc1Cl. The maximum absolute atomic E-state index is 11.5. The summed E-state index contributed by atoms with van der Waals surface area (Å²) in [6, 6.07) is 10.7. The zero-order valence-electron chi connectivity index (χ0n) is 16.2. The van der Waals surface area contributed by atoms with Crippen LogP contribution in [0.2, 0.25) is 10.0 Å². The zero-order chi connectivity index (χ0) is 21.7. The summed E-state index contributed by atoms with van der Waals surface area (Å²) in [6.45, 7) is 1.64. The number of esters is 1. The molecule has 0 aliphatic heterocycles. The molecule has 0 aliphatic carbocycles. The lowest BCUT2D eigenvalue weighted by atomic mass is 10.1. The molecule has 7 nitrogen and oxygen atoms in total. The van der Waals surface area contributed by atoms with Gasteiger partial charge in [0.2, 0.25) is 0 Å². The van der Waals surface area contributed by atoms with Crippen LogP contribution in [0.5, 0.6) is 11.5 Å². The molecule has 0 bridgehead atoms. The van der Waals surface area contributed by atoms with Gasteiger partial charge in [-0.25, -0.2) is 9.78 Å². The highest BCUT2D eigenvalue weighted by Gasteiger charge is 2.14. The number of halogens is 2. The Hall–Kier alpha value is -3.21. The number of ether oxygens (including phenoxy) is 3. The van der Waals surface area contributed by atoms with Crippen molar-refractivity contribution in [3.63, 3.8) is 0 Å². The van der Waals surface area contributed by atoms with Gasteiger partial charge in [-0.2, -0.15) is 5.26 Å². The minimum atomic E-state index is -0.526. The van der Waals surface area contributed by atoms with Crippen LogP contribution in [0.25, 0.3) is 22.7 Å². The summed E-state index contributed by atoms with van der Waals surface area (Å²) in [5.74, 6) is 0.715. The van der Waals surface area contributed by atoms with E-state index in [2.05, 4.69) is 16.0 Å². The van der Waals surface area contributed by atoms with Gasteiger partial charge in [0.05, 0.1) is 40.4 Å². The lowest BCUT2D eigenvalue weighted by Crippen LogP contribution is -2.14. The fourth-order valence-electron chi connectivity index (χ4n) is 2.70. The van der Waals surface area contributed by atoms with Crippen LogP contribution < -0.4 is 9.47 Å². The number of methoxy groups -OCH3 is 1. The lowest BCUT2D eigenvalue weighted by Gasteiger charge is -2.10. The minimum Gasteiger partial charge on any atom is -0.497 e. The van der Waals surface area contributed by atoms with Gasteiger partial charge in [-0.15, -0.1) is 0 Å². The van der Waals surface area contributed by atoms with Crippen LogP contribution in [0.15, 0.2) is 30.3 Å². The highest BCUT2D eigenvalue weighted by molar-refractivity contribution is 6.37. The maximum Gasteiger partial charge on any atom is 0.344 e. The molecule has 1 N–H and O–H groups in total. The predicted octanol–water partition coefficient (Wildman–Crippen LogP) is 4.88. The molecule has 154 valence electrons. The fourth-order valence-corrected chi connectivity index (χ4v) is 3.31. The molecular formula is C21H17Cl2N3O4. The van der Waals surface area contributed by atoms with Gasteiger partial charge in [-0.3, -0.25) is 0 Å². The Morgan fingerprint density at radius 3 is 2.63 bits per heavy atom. The number of carbonyl (C=O) groups excluding carboxylic acids is 1. The number of rotatable bonds is 7. The fraction of sp³-hybridized carbons (Fsp3) is 0.190. The van der Waals surface area contributed by atoms with Crippen molar-refractivity contribution in [3.8, 4) is 17.6 Å². The molecule has 0 atom stereocenters. The molecular weight excluding hydrogens is 429 g/mol. The Labute approximate surface area is 182 Å². The number of nitrogens with one attached hydrogen (secondary N) is 1. The molecule has 0 radical (unpaired) electrons. The molecule has 0 fully saturated rings. The van der Waals surface area contributed by atoms with Crippen LogP contribution in [0, 0.1) is 11.3 Å². The second kappa shape index (κ2) is 9.53. The van der Waals surface area contributed by atoms with Gasteiger partial charge in [0.15, 0.2) is 12.4 Å². The summed E-state index contributed by atoms with van der Waals surface area (Å²) in [4.78, 5) is 19.0. The van der Waals surface area contributed by atoms with Crippen molar-refractivity contribution >= 4 is 51.9 Å². The van der Waals surface area contributed by atoms with Crippen LogP contribution in [0.4, 0.5) is 0 Å². The van der Waals surface area contributed by atoms with Crippen molar-refractivity contribution in [3.05, 3.63) is 51.8 Å². The Bertz CT molecular complexity index is 1140. The zero-order valence-corrected chi connectivity index (χ0v) is 17.7. The first-order chi connectivity index (χ1) is 14.4. The second-order valence-corrected chi connectivity index (χ2v) is 6.86.